The maximum absolute atomic E-state index is 7.56. The Bertz CT molecular complexity index is 2070. The Kier molecular flexibility index (Phi) is 3.91. The van der Waals surface area contributed by atoms with E-state index in [0.717, 1.165) is 43.7 Å². The molecule has 0 amide bonds. The summed E-state index contributed by atoms with van der Waals surface area (Å²) < 4.78 is 2.31. The van der Waals surface area contributed by atoms with Crippen LogP contribution in [0.3, 0.4) is 0 Å². The summed E-state index contributed by atoms with van der Waals surface area (Å²) in [5.74, 6) is 0.0734. The highest BCUT2D eigenvalue weighted by atomic mass is 15.0. The first-order chi connectivity index (χ1) is 17.3. The van der Waals surface area contributed by atoms with Gasteiger partial charge in [-0.05, 0) is 35.7 Å². The van der Waals surface area contributed by atoms with Gasteiger partial charge < -0.3 is 14.3 Å². The first kappa shape index (κ1) is 19.2. The van der Waals surface area contributed by atoms with Gasteiger partial charge in [-0.1, -0.05) is 73.8 Å². The standard InChI is InChI=1S/C30H15N5/c1-31-29-30(32-2)34-27-23-17-16-22-19-12-8-9-15-24(19)35(18-10-4-3-5-11-18)28(22)25(23)20-13-6-7-14-21(20)26(27)33-29/h3-17H. The van der Waals surface area contributed by atoms with Crippen molar-refractivity contribution in [3.8, 4) is 5.69 Å². The molecule has 0 aliphatic heterocycles. The Morgan fingerprint density at radius 3 is 1.83 bits per heavy atom. The Balaban J connectivity index is 1.83. The van der Waals surface area contributed by atoms with Gasteiger partial charge in [0.25, 0.3) is 11.6 Å². The Labute approximate surface area is 200 Å². The third-order valence-corrected chi connectivity index (χ3v) is 6.63. The summed E-state index contributed by atoms with van der Waals surface area (Å²) in [6.07, 6.45) is 0. The van der Waals surface area contributed by atoms with E-state index in [2.05, 4.69) is 78.8 Å². The molecule has 0 radical (unpaired) electrons. The van der Waals surface area contributed by atoms with Gasteiger partial charge in [-0.2, -0.15) is 0 Å². The molecule has 2 heterocycles. The van der Waals surface area contributed by atoms with Crippen LogP contribution in [0.5, 0.6) is 0 Å². The molecule has 0 unspecified atom stereocenters. The van der Waals surface area contributed by atoms with E-state index < -0.39 is 0 Å². The molecule has 0 N–H and O–H groups in total. The number of fused-ring (bicyclic) bond motifs is 10. The van der Waals surface area contributed by atoms with Gasteiger partial charge in [0.2, 0.25) is 11.0 Å². The van der Waals surface area contributed by atoms with E-state index >= 15 is 0 Å². The van der Waals surface area contributed by atoms with E-state index in [1.807, 2.05) is 36.4 Å². The van der Waals surface area contributed by atoms with Crippen LogP contribution in [0.15, 0.2) is 91.0 Å². The monoisotopic (exact) mass is 445 g/mol. The highest BCUT2D eigenvalue weighted by Crippen LogP contribution is 2.43. The van der Waals surface area contributed by atoms with Gasteiger partial charge in [0, 0.05) is 32.6 Å². The molecule has 2 aromatic heterocycles. The zero-order chi connectivity index (χ0) is 23.5. The molecular formula is C30H15N5. The minimum atomic E-state index is 0.0350. The molecule has 5 aromatic carbocycles. The van der Waals surface area contributed by atoms with Crippen molar-refractivity contribution in [2.75, 3.05) is 0 Å². The fourth-order valence-electron chi connectivity index (χ4n) is 5.22. The number of hydrogen-bond acceptors (Lipinski definition) is 2. The zero-order valence-corrected chi connectivity index (χ0v) is 18.4. The van der Waals surface area contributed by atoms with E-state index in [9.17, 15) is 0 Å². The van der Waals surface area contributed by atoms with Crippen molar-refractivity contribution < 1.29 is 0 Å². The molecule has 0 saturated carbocycles. The maximum Gasteiger partial charge on any atom is 0.294 e. The van der Waals surface area contributed by atoms with Crippen LogP contribution in [0.1, 0.15) is 0 Å². The number of nitrogens with zero attached hydrogens (tertiary/aromatic N) is 5. The lowest BCUT2D eigenvalue weighted by Gasteiger charge is -2.12. The zero-order valence-electron chi connectivity index (χ0n) is 18.4. The minimum Gasteiger partial charge on any atom is -0.370 e. The smallest absolute Gasteiger partial charge is 0.294 e. The average molecular weight is 445 g/mol. The van der Waals surface area contributed by atoms with E-state index in [4.69, 9.17) is 13.1 Å². The largest absolute Gasteiger partial charge is 0.370 e. The molecule has 0 aliphatic rings. The second kappa shape index (κ2) is 7.12. The number of hydrogen-bond donors (Lipinski definition) is 0. The van der Waals surface area contributed by atoms with Crippen molar-refractivity contribution in [2.45, 2.75) is 0 Å². The van der Waals surface area contributed by atoms with E-state index in [-0.39, 0.29) is 11.6 Å². The third kappa shape index (κ3) is 2.55. The Morgan fingerprint density at radius 1 is 0.543 bits per heavy atom. The van der Waals surface area contributed by atoms with E-state index in [1.54, 1.807) is 0 Å². The van der Waals surface area contributed by atoms with Crippen LogP contribution in [0.4, 0.5) is 11.6 Å². The first-order valence-electron chi connectivity index (χ1n) is 11.2. The minimum absolute atomic E-state index is 0.0350. The van der Waals surface area contributed by atoms with Gasteiger partial charge in [-0.15, -0.1) is 9.97 Å². The van der Waals surface area contributed by atoms with Crippen LogP contribution in [0.25, 0.3) is 69.8 Å². The molecule has 35 heavy (non-hydrogen) atoms. The summed E-state index contributed by atoms with van der Waals surface area (Å²) in [6, 6.07) is 31.1. The van der Waals surface area contributed by atoms with Crippen molar-refractivity contribution >= 4 is 66.0 Å². The molecule has 7 aromatic rings. The third-order valence-electron chi connectivity index (χ3n) is 6.63. The first-order valence-corrected chi connectivity index (χ1v) is 11.2. The van der Waals surface area contributed by atoms with Crippen molar-refractivity contribution in [1.29, 1.82) is 0 Å². The summed E-state index contributed by atoms with van der Waals surface area (Å²) in [5.41, 5.74) is 4.58. The van der Waals surface area contributed by atoms with Crippen LogP contribution in [0.2, 0.25) is 0 Å². The number of rotatable bonds is 1. The second-order valence-electron chi connectivity index (χ2n) is 8.41. The lowest BCUT2D eigenvalue weighted by Crippen LogP contribution is -1.96. The fourth-order valence-corrected chi connectivity index (χ4v) is 5.22. The van der Waals surface area contributed by atoms with Crippen molar-refractivity contribution in [1.82, 2.24) is 14.5 Å². The Hall–Kier alpha value is -5.26. The summed E-state index contributed by atoms with van der Waals surface area (Å²) in [6.45, 7) is 15.1. The molecule has 0 spiro atoms. The molecular weight excluding hydrogens is 430 g/mol. The van der Waals surface area contributed by atoms with Gasteiger partial charge in [-0.3, -0.25) is 0 Å². The van der Waals surface area contributed by atoms with Crippen molar-refractivity contribution in [3.05, 3.63) is 114 Å². The number of aromatic nitrogens is 3. The van der Waals surface area contributed by atoms with Crippen LogP contribution in [-0.2, 0) is 0 Å². The lowest BCUT2D eigenvalue weighted by molar-refractivity contribution is 1.19. The summed E-state index contributed by atoms with van der Waals surface area (Å²) in [5, 5.41) is 6.26. The van der Waals surface area contributed by atoms with Crippen molar-refractivity contribution in [3.63, 3.8) is 0 Å². The molecule has 160 valence electrons. The van der Waals surface area contributed by atoms with Gasteiger partial charge in [0.15, 0.2) is 0 Å². The predicted molar refractivity (Wildman–Crippen MR) is 141 cm³/mol. The normalized spacial score (nSPS) is 11.4. The van der Waals surface area contributed by atoms with Crippen LogP contribution >= 0.6 is 0 Å². The SMILES string of the molecule is [C-]#[N+]c1nc2c3ccccc3c3c(ccc4c5ccccc5n(-c5ccccc5)c43)c2nc1[N+]#[C-]. The van der Waals surface area contributed by atoms with Gasteiger partial charge in [0.1, 0.15) is 0 Å². The van der Waals surface area contributed by atoms with Crippen LogP contribution in [0, 0.1) is 13.1 Å². The van der Waals surface area contributed by atoms with Crippen LogP contribution in [-0.4, -0.2) is 14.5 Å². The van der Waals surface area contributed by atoms with Gasteiger partial charge >= 0.3 is 0 Å². The van der Waals surface area contributed by atoms with E-state index in [1.165, 1.54) is 5.39 Å². The second-order valence-corrected chi connectivity index (χ2v) is 8.41. The Morgan fingerprint density at radius 2 is 1.11 bits per heavy atom. The quantitative estimate of drug-likeness (QED) is 0.189. The molecule has 5 heteroatoms. The molecule has 7 rings (SSSR count). The molecule has 0 saturated heterocycles. The topological polar surface area (TPSA) is 39.4 Å². The van der Waals surface area contributed by atoms with Gasteiger partial charge in [0.05, 0.1) is 11.0 Å². The molecule has 0 bridgehead atoms. The molecule has 0 atom stereocenters. The predicted octanol–water partition coefficient (Wildman–Crippen LogP) is 8.13. The van der Waals surface area contributed by atoms with Gasteiger partial charge in [-0.25, -0.2) is 0 Å². The highest BCUT2D eigenvalue weighted by molar-refractivity contribution is 6.32. The maximum atomic E-state index is 7.56. The molecule has 0 fully saturated rings. The summed E-state index contributed by atoms with van der Waals surface area (Å²) in [7, 11) is 0. The summed E-state index contributed by atoms with van der Waals surface area (Å²) >= 11 is 0. The lowest BCUT2D eigenvalue weighted by atomic mass is 9.97. The summed E-state index contributed by atoms with van der Waals surface area (Å²) in [4.78, 5) is 16.2. The number of para-hydroxylation sites is 2. The molecule has 0 aliphatic carbocycles. The van der Waals surface area contributed by atoms with E-state index in [0.29, 0.717) is 11.0 Å². The van der Waals surface area contributed by atoms with Crippen molar-refractivity contribution in [2.24, 2.45) is 0 Å². The van der Waals surface area contributed by atoms with Crippen LogP contribution < -0.4 is 0 Å². The highest BCUT2D eigenvalue weighted by Gasteiger charge is 2.23. The fraction of sp³-hybridized carbons (Fsp3) is 0. The number of benzene rings is 5. The average Bonchev–Trinajstić information content (AvgIpc) is 3.27. The molecule has 5 nitrogen and oxygen atoms in total.